The fourth-order valence-corrected chi connectivity index (χ4v) is 3.39. The Morgan fingerprint density at radius 2 is 2.13 bits per heavy atom. The maximum Gasteiger partial charge on any atom is 0.290 e. The van der Waals surface area contributed by atoms with Gasteiger partial charge < -0.3 is 14.8 Å². The van der Waals surface area contributed by atoms with E-state index in [0.29, 0.717) is 36.6 Å². The molecule has 0 saturated heterocycles. The Bertz CT molecular complexity index is 1080. The quantitative estimate of drug-likeness (QED) is 0.614. The van der Waals surface area contributed by atoms with Crippen molar-refractivity contribution in [1.82, 2.24) is 19.7 Å². The Morgan fingerprint density at radius 3 is 2.87 bits per heavy atom. The van der Waals surface area contributed by atoms with E-state index in [1.165, 1.54) is 4.68 Å². The van der Waals surface area contributed by atoms with Gasteiger partial charge in [0.15, 0.2) is 0 Å². The Morgan fingerprint density at radius 1 is 1.27 bits per heavy atom. The van der Waals surface area contributed by atoms with E-state index in [-0.39, 0.29) is 5.56 Å². The van der Waals surface area contributed by atoms with Crippen LogP contribution in [0.2, 0.25) is 0 Å². The fourth-order valence-electron chi connectivity index (χ4n) is 3.39. The van der Waals surface area contributed by atoms with Gasteiger partial charge >= 0.3 is 0 Å². The minimum absolute atomic E-state index is 0.198. The van der Waals surface area contributed by atoms with Gasteiger partial charge in [-0.15, -0.1) is 5.10 Å². The molecule has 8 nitrogen and oxygen atoms in total. The molecule has 0 radical (unpaired) electrons. The number of aryl methyl sites for hydroxylation is 2. The molecule has 156 valence electrons. The highest BCUT2D eigenvalue weighted by atomic mass is 16.5. The van der Waals surface area contributed by atoms with Gasteiger partial charge in [-0.05, 0) is 37.1 Å². The average molecular weight is 407 g/mol. The van der Waals surface area contributed by atoms with Crippen LogP contribution in [0.4, 0.5) is 5.69 Å². The number of nitrogens with one attached hydrogen (secondary N) is 1. The Labute approximate surface area is 174 Å². The first-order chi connectivity index (χ1) is 14.5. The Hall–Kier alpha value is -3.42. The van der Waals surface area contributed by atoms with Crippen LogP contribution in [0, 0.1) is 12.8 Å². The topological polar surface area (TPSA) is 91.2 Å². The first kappa shape index (κ1) is 19.9. The van der Waals surface area contributed by atoms with Gasteiger partial charge in [0.1, 0.15) is 11.4 Å². The van der Waals surface area contributed by atoms with Crippen LogP contribution in [0.1, 0.15) is 29.3 Å². The molecule has 2 atom stereocenters. The third-order valence-electron chi connectivity index (χ3n) is 5.37. The lowest BCUT2D eigenvalue weighted by Crippen LogP contribution is -2.24. The second kappa shape index (κ2) is 8.52. The van der Waals surface area contributed by atoms with E-state index in [2.05, 4.69) is 20.4 Å². The molecular weight excluding hydrogens is 382 g/mol. The maximum absolute atomic E-state index is 12.4. The molecule has 8 heteroatoms. The summed E-state index contributed by atoms with van der Waals surface area (Å²) in [6.07, 6.45) is 4.52. The molecule has 0 spiro atoms. The van der Waals surface area contributed by atoms with Crippen molar-refractivity contribution in [3.8, 4) is 11.6 Å². The highest BCUT2D eigenvalue weighted by molar-refractivity contribution is 5.44. The number of aromatic nitrogens is 4. The number of rotatable bonds is 8. The van der Waals surface area contributed by atoms with Crippen LogP contribution in [0.5, 0.6) is 11.6 Å². The molecule has 1 fully saturated rings. The molecule has 3 aromatic rings. The largest absolute Gasteiger partial charge is 0.495 e. The first-order valence-corrected chi connectivity index (χ1v) is 9.90. The zero-order valence-corrected chi connectivity index (χ0v) is 17.3. The minimum atomic E-state index is -0.198. The van der Waals surface area contributed by atoms with E-state index in [0.717, 1.165) is 29.1 Å². The van der Waals surface area contributed by atoms with E-state index in [4.69, 9.17) is 9.47 Å². The number of methoxy groups -OCH3 is 1. The molecule has 3 aromatic heterocycles. The fraction of sp³-hybridized carbons (Fsp3) is 0.364. The van der Waals surface area contributed by atoms with E-state index in [1.807, 2.05) is 31.2 Å². The van der Waals surface area contributed by atoms with Gasteiger partial charge in [0, 0.05) is 49.1 Å². The third-order valence-corrected chi connectivity index (χ3v) is 5.37. The van der Waals surface area contributed by atoms with Crippen LogP contribution >= 0.6 is 0 Å². The molecule has 0 aliphatic heterocycles. The van der Waals surface area contributed by atoms with Crippen LogP contribution < -0.4 is 20.3 Å². The number of ether oxygens (including phenoxy) is 2. The number of pyridine rings is 2. The molecule has 4 rings (SSSR count). The monoisotopic (exact) mass is 407 g/mol. The van der Waals surface area contributed by atoms with Gasteiger partial charge in [0.25, 0.3) is 5.56 Å². The molecule has 0 unspecified atom stereocenters. The van der Waals surface area contributed by atoms with E-state index >= 15 is 0 Å². The second-order valence-electron chi connectivity index (χ2n) is 7.46. The van der Waals surface area contributed by atoms with Crippen molar-refractivity contribution in [3.63, 3.8) is 0 Å². The van der Waals surface area contributed by atoms with E-state index in [1.54, 1.807) is 32.6 Å². The predicted octanol–water partition coefficient (Wildman–Crippen LogP) is 2.68. The van der Waals surface area contributed by atoms with Crippen molar-refractivity contribution in [1.29, 1.82) is 0 Å². The zero-order chi connectivity index (χ0) is 21.1. The van der Waals surface area contributed by atoms with Crippen molar-refractivity contribution < 1.29 is 9.47 Å². The van der Waals surface area contributed by atoms with Crippen LogP contribution in [0.25, 0.3) is 0 Å². The Kier molecular flexibility index (Phi) is 5.65. The molecule has 1 saturated carbocycles. The molecule has 0 amide bonds. The van der Waals surface area contributed by atoms with Gasteiger partial charge in [-0.2, -0.15) is 0 Å². The number of hydrogen-bond acceptors (Lipinski definition) is 7. The molecule has 3 heterocycles. The van der Waals surface area contributed by atoms with Gasteiger partial charge in [-0.25, -0.2) is 4.68 Å². The van der Waals surface area contributed by atoms with E-state index in [9.17, 15) is 4.79 Å². The number of hydrogen-bond donors (Lipinski definition) is 1. The van der Waals surface area contributed by atoms with Crippen LogP contribution in [-0.4, -0.2) is 33.5 Å². The van der Waals surface area contributed by atoms with Crippen molar-refractivity contribution in [3.05, 3.63) is 70.0 Å². The summed E-state index contributed by atoms with van der Waals surface area (Å²) in [6, 6.07) is 9.45. The normalized spacial score (nSPS) is 17.4. The highest BCUT2D eigenvalue weighted by Gasteiger charge is 2.40. The van der Waals surface area contributed by atoms with Gasteiger partial charge in [-0.3, -0.25) is 14.8 Å². The summed E-state index contributed by atoms with van der Waals surface area (Å²) in [5.74, 6) is 1.95. The zero-order valence-electron chi connectivity index (χ0n) is 17.3. The summed E-state index contributed by atoms with van der Waals surface area (Å²) in [6.45, 7) is 2.98. The van der Waals surface area contributed by atoms with Gasteiger partial charge in [0.05, 0.1) is 19.9 Å². The van der Waals surface area contributed by atoms with Crippen LogP contribution in [0.3, 0.4) is 0 Å². The lowest BCUT2D eigenvalue weighted by atomic mass is 10.2. The second-order valence-corrected chi connectivity index (χ2v) is 7.46. The predicted molar refractivity (Wildman–Crippen MR) is 113 cm³/mol. The lowest BCUT2D eigenvalue weighted by molar-refractivity contribution is 0.278. The summed E-state index contributed by atoms with van der Waals surface area (Å²) < 4.78 is 12.4. The molecule has 30 heavy (non-hydrogen) atoms. The number of nitrogens with zero attached hydrogens (tertiary/aromatic N) is 4. The molecule has 1 aliphatic rings. The summed E-state index contributed by atoms with van der Waals surface area (Å²) in [5, 5.41) is 7.41. The standard InChI is InChI=1S/C22H25N5O3/c1-14-15(5-4-8-23-14)11-24-20-10-21(26-27(2)22(20)28)30-13-16-9-18(16)19-7-6-17(29-3)12-25-19/h4-8,10,12,16,18,24H,9,11,13H2,1-3H3/t16-,18+/m1/s1. The maximum atomic E-state index is 12.4. The summed E-state index contributed by atoms with van der Waals surface area (Å²) >= 11 is 0. The molecular formula is C22H25N5O3. The van der Waals surface area contributed by atoms with E-state index < -0.39 is 0 Å². The summed E-state index contributed by atoms with van der Waals surface area (Å²) in [4.78, 5) is 21.1. The lowest BCUT2D eigenvalue weighted by Gasteiger charge is -2.11. The number of anilines is 1. The van der Waals surface area contributed by atoms with Crippen molar-refractivity contribution in [2.45, 2.75) is 25.8 Å². The minimum Gasteiger partial charge on any atom is -0.495 e. The van der Waals surface area contributed by atoms with Crippen LogP contribution in [0.15, 0.2) is 47.5 Å². The molecule has 0 bridgehead atoms. The smallest absolute Gasteiger partial charge is 0.290 e. The SMILES string of the molecule is COc1ccc([C@H]2C[C@@H]2COc2cc(NCc3cccnc3C)c(=O)n(C)n2)nc1. The van der Waals surface area contributed by atoms with Crippen molar-refractivity contribution in [2.24, 2.45) is 13.0 Å². The first-order valence-electron chi connectivity index (χ1n) is 9.90. The molecule has 1 N–H and O–H groups in total. The Balaban J connectivity index is 1.38. The van der Waals surface area contributed by atoms with Gasteiger partial charge in [0.2, 0.25) is 5.88 Å². The molecule has 1 aliphatic carbocycles. The molecule has 0 aromatic carbocycles. The third kappa shape index (κ3) is 4.42. The van der Waals surface area contributed by atoms with Gasteiger partial charge in [-0.1, -0.05) is 6.07 Å². The van der Waals surface area contributed by atoms with Crippen molar-refractivity contribution >= 4 is 5.69 Å². The average Bonchev–Trinajstić information content (AvgIpc) is 3.54. The summed E-state index contributed by atoms with van der Waals surface area (Å²) in [5.41, 5.74) is 3.27. The van der Waals surface area contributed by atoms with Crippen molar-refractivity contribution in [2.75, 3.05) is 19.0 Å². The summed E-state index contributed by atoms with van der Waals surface area (Å²) in [7, 11) is 3.25. The highest BCUT2D eigenvalue weighted by Crippen LogP contribution is 2.46. The van der Waals surface area contributed by atoms with Crippen LogP contribution in [-0.2, 0) is 13.6 Å².